The average molecular weight is 371 g/mol. The normalized spacial score (nSPS) is 18.4. The van der Waals surface area contributed by atoms with Crippen molar-refractivity contribution in [3.63, 3.8) is 0 Å². The second-order valence-corrected chi connectivity index (χ2v) is 7.60. The summed E-state index contributed by atoms with van der Waals surface area (Å²) in [5.41, 5.74) is 0.979. The monoisotopic (exact) mass is 370 g/mol. The number of hydrogen-bond donors (Lipinski definition) is 0. The summed E-state index contributed by atoms with van der Waals surface area (Å²) >= 11 is 0. The van der Waals surface area contributed by atoms with Gasteiger partial charge in [0.05, 0.1) is 6.54 Å². The third-order valence-electron chi connectivity index (χ3n) is 5.27. The minimum absolute atomic E-state index is 0.118. The summed E-state index contributed by atoms with van der Waals surface area (Å²) < 4.78 is 2.24. The summed E-state index contributed by atoms with van der Waals surface area (Å²) in [7, 11) is 0. The lowest BCUT2D eigenvalue weighted by molar-refractivity contribution is -0.132. The van der Waals surface area contributed by atoms with Crippen LogP contribution in [0, 0.1) is 0 Å². The first-order valence-electron chi connectivity index (χ1n) is 9.79. The minimum Gasteiger partial charge on any atom is -0.335 e. The van der Waals surface area contributed by atoms with E-state index in [0.29, 0.717) is 12.6 Å². The van der Waals surface area contributed by atoms with E-state index in [1.165, 1.54) is 6.33 Å². The van der Waals surface area contributed by atoms with Crippen molar-refractivity contribution in [1.29, 1.82) is 0 Å². The summed E-state index contributed by atoms with van der Waals surface area (Å²) in [6.07, 6.45) is 12.1. The fourth-order valence-corrected chi connectivity index (χ4v) is 3.85. The third kappa shape index (κ3) is 5.13. The summed E-state index contributed by atoms with van der Waals surface area (Å²) in [5, 5.41) is 0. The molecule has 7 heteroatoms. The van der Waals surface area contributed by atoms with Gasteiger partial charge in [-0.25, -0.2) is 15.0 Å². The molecule has 0 unspecified atom stereocenters. The van der Waals surface area contributed by atoms with Crippen molar-refractivity contribution < 1.29 is 4.79 Å². The van der Waals surface area contributed by atoms with Gasteiger partial charge in [-0.3, -0.25) is 9.69 Å². The van der Waals surface area contributed by atoms with Crippen LogP contribution in [0.1, 0.15) is 57.5 Å². The first kappa shape index (κ1) is 19.5. The topological polar surface area (TPSA) is 67.2 Å². The third-order valence-corrected chi connectivity index (χ3v) is 5.27. The number of aromatic nitrogens is 4. The van der Waals surface area contributed by atoms with Gasteiger partial charge in [0.25, 0.3) is 0 Å². The van der Waals surface area contributed by atoms with Gasteiger partial charge >= 0.3 is 0 Å². The van der Waals surface area contributed by atoms with E-state index < -0.39 is 0 Å². The first-order chi connectivity index (χ1) is 13.0. The van der Waals surface area contributed by atoms with Crippen LogP contribution in [0.15, 0.2) is 31.1 Å². The molecule has 0 saturated carbocycles. The van der Waals surface area contributed by atoms with Gasteiger partial charge in [-0.1, -0.05) is 0 Å². The van der Waals surface area contributed by atoms with E-state index in [2.05, 4.69) is 44.5 Å². The fourth-order valence-electron chi connectivity index (χ4n) is 3.85. The van der Waals surface area contributed by atoms with Crippen LogP contribution >= 0.6 is 0 Å². The van der Waals surface area contributed by atoms with Crippen molar-refractivity contribution in [2.24, 2.45) is 0 Å². The van der Waals surface area contributed by atoms with Crippen molar-refractivity contribution in [2.75, 3.05) is 13.1 Å². The number of amides is 1. The molecule has 0 aliphatic carbocycles. The lowest BCUT2D eigenvalue weighted by Gasteiger charge is -2.30. The van der Waals surface area contributed by atoms with Crippen LogP contribution in [0.5, 0.6) is 0 Å². The number of rotatable bonds is 6. The Bertz CT molecular complexity index is 729. The van der Waals surface area contributed by atoms with Gasteiger partial charge < -0.3 is 9.47 Å². The van der Waals surface area contributed by atoms with Crippen molar-refractivity contribution in [1.82, 2.24) is 29.3 Å². The number of carbonyl (C=O) groups excluding carboxylic acids is 1. The molecule has 1 atom stereocenters. The maximum Gasteiger partial charge on any atom is 0.219 e. The van der Waals surface area contributed by atoms with Crippen molar-refractivity contribution in [3.8, 4) is 0 Å². The predicted molar refractivity (Wildman–Crippen MR) is 104 cm³/mol. The van der Waals surface area contributed by atoms with E-state index in [1.807, 2.05) is 11.1 Å². The highest BCUT2D eigenvalue weighted by Crippen LogP contribution is 2.21. The fraction of sp³-hybridized carbons (Fsp3) is 0.600. The molecular formula is C20H30N6O. The van der Waals surface area contributed by atoms with Crippen molar-refractivity contribution in [3.05, 3.63) is 42.5 Å². The highest BCUT2D eigenvalue weighted by atomic mass is 16.2. The van der Waals surface area contributed by atoms with E-state index in [4.69, 9.17) is 0 Å². The molecule has 0 N–H and O–H groups in total. The summed E-state index contributed by atoms with van der Waals surface area (Å²) in [6, 6.07) is 0.682. The Kier molecular flexibility index (Phi) is 6.55. The van der Waals surface area contributed by atoms with Crippen LogP contribution in [-0.2, 0) is 17.9 Å². The SMILES string of the molecule is CC(=O)N(Cc1cncnc1)[C@H]1CCCN(Cc2nccn2C(C)C)CC1. The van der Waals surface area contributed by atoms with Crippen LogP contribution in [0.2, 0.25) is 0 Å². The molecule has 0 bridgehead atoms. The molecular weight excluding hydrogens is 340 g/mol. The van der Waals surface area contributed by atoms with Crippen LogP contribution in [0.4, 0.5) is 0 Å². The minimum atomic E-state index is 0.118. The molecule has 2 aromatic heterocycles. The molecule has 7 nitrogen and oxygen atoms in total. The molecule has 1 fully saturated rings. The number of imidazole rings is 1. The zero-order valence-corrected chi connectivity index (χ0v) is 16.6. The maximum atomic E-state index is 12.3. The largest absolute Gasteiger partial charge is 0.335 e. The molecule has 1 saturated heterocycles. The van der Waals surface area contributed by atoms with E-state index in [-0.39, 0.29) is 11.9 Å². The molecule has 3 rings (SSSR count). The Labute approximate surface area is 161 Å². The second kappa shape index (κ2) is 9.08. The zero-order valence-electron chi connectivity index (χ0n) is 16.6. The van der Waals surface area contributed by atoms with Gasteiger partial charge in [0.15, 0.2) is 0 Å². The van der Waals surface area contributed by atoms with Gasteiger partial charge in [-0.15, -0.1) is 0 Å². The standard InChI is InChI=1S/C20H30N6O/c1-16(2)25-10-7-23-20(25)14-24-8-4-5-19(6-9-24)26(17(3)27)13-18-11-21-15-22-12-18/h7,10-12,15-16,19H,4-6,8-9,13-14H2,1-3H3/t19-/m0/s1. The second-order valence-electron chi connectivity index (χ2n) is 7.60. The Balaban J connectivity index is 1.62. The van der Waals surface area contributed by atoms with E-state index in [0.717, 1.165) is 50.3 Å². The Hall–Kier alpha value is -2.28. The molecule has 1 aliphatic heterocycles. The highest BCUT2D eigenvalue weighted by molar-refractivity contribution is 5.73. The average Bonchev–Trinajstić information content (AvgIpc) is 2.99. The Morgan fingerprint density at radius 3 is 2.74 bits per heavy atom. The lowest BCUT2D eigenvalue weighted by atomic mass is 10.1. The Morgan fingerprint density at radius 2 is 2.04 bits per heavy atom. The molecule has 1 aliphatic rings. The molecule has 2 aromatic rings. The Morgan fingerprint density at radius 1 is 1.26 bits per heavy atom. The van der Waals surface area contributed by atoms with Crippen molar-refractivity contribution in [2.45, 2.75) is 65.2 Å². The van der Waals surface area contributed by atoms with Crippen LogP contribution in [0.3, 0.4) is 0 Å². The van der Waals surface area contributed by atoms with Gasteiger partial charge in [-0.2, -0.15) is 0 Å². The van der Waals surface area contributed by atoms with Gasteiger partial charge in [-0.05, 0) is 39.7 Å². The summed E-state index contributed by atoms with van der Waals surface area (Å²) in [4.78, 5) is 29.4. The molecule has 146 valence electrons. The van der Waals surface area contributed by atoms with Gasteiger partial charge in [0.1, 0.15) is 12.2 Å². The molecule has 3 heterocycles. The van der Waals surface area contributed by atoms with E-state index in [9.17, 15) is 4.79 Å². The van der Waals surface area contributed by atoms with Gasteiger partial charge in [0.2, 0.25) is 5.91 Å². The number of hydrogen-bond acceptors (Lipinski definition) is 5. The molecule has 0 aromatic carbocycles. The quantitative estimate of drug-likeness (QED) is 0.782. The maximum absolute atomic E-state index is 12.3. The molecule has 1 amide bonds. The molecule has 0 radical (unpaired) electrons. The number of nitrogens with zero attached hydrogens (tertiary/aromatic N) is 6. The predicted octanol–water partition coefficient (Wildman–Crippen LogP) is 2.66. The van der Waals surface area contributed by atoms with Crippen molar-refractivity contribution >= 4 is 5.91 Å². The van der Waals surface area contributed by atoms with Crippen LogP contribution < -0.4 is 0 Å². The molecule has 0 spiro atoms. The smallest absolute Gasteiger partial charge is 0.219 e. The molecule has 27 heavy (non-hydrogen) atoms. The summed E-state index contributed by atoms with van der Waals surface area (Å²) in [6.45, 7) is 9.49. The zero-order chi connectivity index (χ0) is 19.2. The van der Waals surface area contributed by atoms with E-state index in [1.54, 1.807) is 19.3 Å². The number of carbonyl (C=O) groups is 1. The highest BCUT2D eigenvalue weighted by Gasteiger charge is 2.25. The first-order valence-corrected chi connectivity index (χ1v) is 9.79. The summed E-state index contributed by atoms with van der Waals surface area (Å²) in [5.74, 6) is 1.24. The van der Waals surface area contributed by atoms with Crippen LogP contribution in [0.25, 0.3) is 0 Å². The lowest BCUT2D eigenvalue weighted by Crippen LogP contribution is -2.39. The van der Waals surface area contributed by atoms with E-state index >= 15 is 0 Å². The number of likely N-dealkylation sites (tertiary alicyclic amines) is 1. The van der Waals surface area contributed by atoms with Crippen LogP contribution in [-0.4, -0.2) is 54.4 Å². The van der Waals surface area contributed by atoms with Gasteiger partial charge in [0, 0.05) is 62.4 Å².